The summed E-state index contributed by atoms with van der Waals surface area (Å²) in [5.74, 6) is -0.290. The highest BCUT2D eigenvalue weighted by atomic mass is 35.5. The lowest BCUT2D eigenvalue weighted by Crippen LogP contribution is -2.43. The van der Waals surface area contributed by atoms with Gasteiger partial charge in [0, 0.05) is 16.3 Å². The van der Waals surface area contributed by atoms with Crippen molar-refractivity contribution in [2.24, 2.45) is 0 Å². The number of hydrogen-bond acceptors (Lipinski definition) is 2. The van der Waals surface area contributed by atoms with Gasteiger partial charge in [0.05, 0.1) is 0 Å². The molecule has 0 saturated carbocycles. The highest BCUT2D eigenvalue weighted by molar-refractivity contribution is 7.80. The average Bonchev–Trinajstić information content (AvgIpc) is 2.48. The molecule has 0 heterocycles. The number of amides is 1. The van der Waals surface area contributed by atoms with Crippen molar-refractivity contribution in [1.82, 2.24) is 10.9 Å². The van der Waals surface area contributed by atoms with Gasteiger partial charge >= 0.3 is 0 Å². The van der Waals surface area contributed by atoms with Gasteiger partial charge in [-0.15, -0.1) is 0 Å². The molecular formula is C16H16ClN3OS. The van der Waals surface area contributed by atoms with Gasteiger partial charge in [0.1, 0.15) is 0 Å². The van der Waals surface area contributed by atoms with Crippen molar-refractivity contribution in [2.75, 3.05) is 5.32 Å². The van der Waals surface area contributed by atoms with E-state index in [0.29, 0.717) is 15.7 Å². The Hall–Kier alpha value is -2.11. The monoisotopic (exact) mass is 333 g/mol. The number of carbonyl (C=O) groups is 1. The van der Waals surface area contributed by atoms with Crippen LogP contribution in [0.1, 0.15) is 21.5 Å². The van der Waals surface area contributed by atoms with E-state index in [0.717, 1.165) is 11.3 Å². The second kappa shape index (κ2) is 7.24. The summed E-state index contributed by atoms with van der Waals surface area (Å²) in [5.41, 5.74) is 8.85. The van der Waals surface area contributed by atoms with Gasteiger partial charge < -0.3 is 5.32 Å². The van der Waals surface area contributed by atoms with Gasteiger partial charge in [-0.05, 0) is 62.0 Å². The average molecular weight is 334 g/mol. The summed E-state index contributed by atoms with van der Waals surface area (Å²) in [6.07, 6.45) is 0. The molecule has 1 amide bonds. The molecular weight excluding hydrogens is 318 g/mol. The number of carbonyl (C=O) groups excluding carboxylic acids is 1. The topological polar surface area (TPSA) is 53.2 Å². The Morgan fingerprint density at radius 3 is 2.36 bits per heavy atom. The molecule has 2 aromatic rings. The first kappa shape index (κ1) is 16.3. The van der Waals surface area contributed by atoms with Gasteiger partial charge in [-0.25, -0.2) is 0 Å². The van der Waals surface area contributed by atoms with Crippen molar-refractivity contribution in [3.8, 4) is 0 Å². The maximum absolute atomic E-state index is 11.9. The molecule has 0 radical (unpaired) electrons. The third-order valence-electron chi connectivity index (χ3n) is 3.03. The molecule has 0 aromatic heterocycles. The van der Waals surface area contributed by atoms with Gasteiger partial charge in [-0.3, -0.25) is 15.6 Å². The van der Waals surface area contributed by atoms with E-state index in [1.807, 2.05) is 26.0 Å². The summed E-state index contributed by atoms with van der Waals surface area (Å²) in [6, 6.07) is 12.6. The van der Waals surface area contributed by atoms with E-state index in [9.17, 15) is 4.79 Å². The first-order valence-corrected chi connectivity index (χ1v) is 7.44. The van der Waals surface area contributed by atoms with Crippen molar-refractivity contribution in [3.05, 3.63) is 64.2 Å². The molecule has 2 rings (SSSR count). The summed E-state index contributed by atoms with van der Waals surface area (Å²) < 4.78 is 0. The SMILES string of the molecule is Cc1ccc(NC(=S)NNC(=O)c2ccc(Cl)cc2)c(C)c1. The fourth-order valence-electron chi connectivity index (χ4n) is 1.89. The number of hydrazine groups is 1. The summed E-state index contributed by atoms with van der Waals surface area (Å²) in [4.78, 5) is 11.9. The molecule has 6 heteroatoms. The molecule has 0 fully saturated rings. The van der Waals surface area contributed by atoms with Crippen LogP contribution < -0.4 is 16.2 Å². The summed E-state index contributed by atoms with van der Waals surface area (Å²) in [7, 11) is 0. The summed E-state index contributed by atoms with van der Waals surface area (Å²) in [5, 5.41) is 3.93. The number of thiocarbonyl (C=S) groups is 1. The highest BCUT2D eigenvalue weighted by Crippen LogP contribution is 2.15. The smallest absolute Gasteiger partial charge is 0.269 e. The quantitative estimate of drug-likeness (QED) is 0.580. The van der Waals surface area contributed by atoms with Crippen molar-refractivity contribution in [1.29, 1.82) is 0 Å². The second-order valence-electron chi connectivity index (χ2n) is 4.86. The lowest BCUT2D eigenvalue weighted by molar-refractivity contribution is 0.0944. The molecule has 0 unspecified atom stereocenters. The van der Waals surface area contributed by atoms with E-state index >= 15 is 0 Å². The van der Waals surface area contributed by atoms with Gasteiger partial charge in [0.25, 0.3) is 5.91 Å². The third kappa shape index (κ3) is 4.44. The highest BCUT2D eigenvalue weighted by Gasteiger charge is 2.06. The van der Waals surface area contributed by atoms with Crippen LogP contribution in [0.25, 0.3) is 0 Å². The van der Waals surface area contributed by atoms with Gasteiger partial charge in [0.2, 0.25) is 0 Å². The van der Waals surface area contributed by atoms with E-state index in [4.69, 9.17) is 23.8 Å². The Balaban J connectivity index is 1.89. The van der Waals surface area contributed by atoms with Crippen LogP contribution in [-0.2, 0) is 0 Å². The lowest BCUT2D eigenvalue weighted by Gasteiger charge is -2.13. The standard InChI is InChI=1S/C16H16ClN3OS/c1-10-3-8-14(11(2)9-10)18-16(22)20-19-15(21)12-4-6-13(17)7-5-12/h3-9H,1-2H3,(H,19,21)(H2,18,20,22). The van der Waals surface area contributed by atoms with E-state index in [1.165, 1.54) is 5.56 Å². The second-order valence-corrected chi connectivity index (χ2v) is 5.70. The van der Waals surface area contributed by atoms with Gasteiger partial charge in [-0.1, -0.05) is 29.3 Å². The minimum atomic E-state index is -0.290. The number of halogens is 1. The van der Waals surface area contributed by atoms with Crippen LogP contribution in [0.15, 0.2) is 42.5 Å². The van der Waals surface area contributed by atoms with E-state index < -0.39 is 0 Å². The summed E-state index contributed by atoms with van der Waals surface area (Å²) in [6.45, 7) is 4.02. The molecule has 0 aliphatic rings. The maximum atomic E-state index is 11.9. The predicted molar refractivity (Wildman–Crippen MR) is 94.2 cm³/mol. The predicted octanol–water partition coefficient (Wildman–Crippen LogP) is 3.59. The molecule has 3 N–H and O–H groups in total. The van der Waals surface area contributed by atoms with E-state index in [1.54, 1.807) is 24.3 Å². The molecule has 0 atom stereocenters. The summed E-state index contributed by atoms with van der Waals surface area (Å²) >= 11 is 10.9. The van der Waals surface area contributed by atoms with Crippen LogP contribution in [0.3, 0.4) is 0 Å². The van der Waals surface area contributed by atoms with E-state index in [2.05, 4.69) is 22.2 Å². The number of benzene rings is 2. The largest absolute Gasteiger partial charge is 0.331 e. The molecule has 0 aliphatic heterocycles. The first-order chi connectivity index (χ1) is 10.5. The number of nitrogens with one attached hydrogen (secondary N) is 3. The Morgan fingerprint density at radius 2 is 1.73 bits per heavy atom. The van der Waals surface area contributed by atoms with Crippen LogP contribution in [0, 0.1) is 13.8 Å². The molecule has 2 aromatic carbocycles. The molecule has 0 aliphatic carbocycles. The minimum absolute atomic E-state index is 0.290. The molecule has 0 spiro atoms. The van der Waals surface area contributed by atoms with Crippen LogP contribution >= 0.6 is 23.8 Å². The van der Waals surface area contributed by atoms with Crippen molar-refractivity contribution < 1.29 is 4.79 Å². The molecule has 0 saturated heterocycles. The van der Waals surface area contributed by atoms with Crippen LogP contribution in [0.4, 0.5) is 5.69 Å². The number of anilines is 1. The molecule has 114 valence electrons. The normalized spacial score (nSPS) is 9.95. The van der Waals surface area contributed by atoms with Gasteiger partial charge in [0.15, 0.2) is 5.11 Å². The minimum Gasteiger partial charge on any atom is -0.331 e. The zero-order valence-electron chi connectivity index (χ0n) is 12.2. The zero-order valence-corrected chi connectivity index (χ0v) is 13.8. The maximum Gasteiger partial charge on any atom is 0.269 e. The lowest BCUT2D eigenvalue weighted by atomic mass is 10.1. The zero-order chi connectivity index (χ0) is 16.1. The molecule has 0 bridgehead atoms. The third-order valence-corrected chi connectivity index (χ3v) is 3.48. The van der Waals surface area contributed by atoms with Gasteiger partial charge in [-0.2, -0.15) is 0 Å². The molecule has 22 heavy (non-hydrogen) atoms. The first-order valence-electron chi connectivity index (χ1n) is 6.66. The van der Waals surface area contributed by atoms with Crippen LogP contribution in [0.5, 0.6) is 0 Å². The Labute approximate surface area is 139 Å². The van der Waals surface area contributed by atoms with Crippen LogP contribution in [-0.4, -0.2) is 11.0 Å². The number of hydrogen-bond donors (Lipinski definition) is 3. The van der Waals surface area contributed by atoms with Crippen molar-refractivity contribution in [2.45, 2.75) is 13.8 Å². The number of rotatable bonds is 2. The fraction of sp³-hybridized carbons (Fsp3) is 0.125. The van der Waals surface area contributed by atoms with E-state index in [-0.39, 0.29) is 5.91 Å². The van der Waals surface area contributed by atoms with Crippen LogP contribution in [0.2, 0.25) is 5.02 Å². The van der Waals surface area contributed by atoms with Crippen molar-refractivity contribution in [3.63, 3.8) is 0 Å². The Kier molecular flexibility index (Phi) is 5.35. The number of aryl methyl sites for hydroxylation is 2. The fourth-order valence-corrected chi connectivity index (χ4v) is 2.18. The Bertz CT molecular complexity index is 701. The molecule has 4 nitrogen and oxygen atoms in total. The van der Waals surface area contributed by atoms with Crippen molar-refractivity contribution >= 4 is 40.5 Å². The Morgan fingerprint density at radius 1 is 1.05 bits per heavy atom.